The molecule has 9 nitrogen and oxygen atoms in total. The van der Waals surface area contributed by atoms with Gasteiger partial charge in [-0.3, -0.25) is 9.59 Å². The number of rotatable bonds is 4. The number of nitrogens with zero attached hydrogens (tertiary/aromatic N) is 2. The lowest BCUT2D eigenvalue weighted by Gasteiger charge is -2.45. The zero-order valence-electron chi connectivity index (χ0n) is 17.1. The van der Waals surface area contributed by atoms with Crippen molar-refractivity contribution in [2.24, 2.45) is 0 Å². The van der Waals surface area contributed by atoms with Crippen LogP contribution in [0.3, 0.4) is 0 Å². The molecule has 0 bridgehead atoms. The molecule has 4 rings (SSSR count). The van der Waals surface area contributed by atoms with Crippen LogP contribution < -0.4 is 15.4 Å². The molecule has 2 unspecified atom stereocenters. The van der Waals surface area contributed by atoms with Crippen molar-refractivity contribution in [3.8, 4) is 11.5 Å². The van der Waals surface area contributed by atoms with E-state index < -0.39 is 12.1 Å². The number of phenolic OH excluding ortho intramolecular Hbond substituents is 1. The zero-order valence-corrected chi connectivity index (χ0v) is 17.1. The summed E-state index contributed by atoms with van der Waals surface area (Å²) in [4.78, 5) is 41.4. The maximum Gasteiger partial charge on any atom is 0.321 e. The highest BCUT2D eigenvalue weighted by Gasteiger charge is 2.44. The Labute approximate surface area is 179 Å². The van der Waals surface area contributed by atoms with Gasteiger partial charge in [0.25, 0.3) is 0 Å². The van der Waals surface area contributed by atoms with Gasteiger partial charge in [0.2, 0.25) is 11.8 Å². The number of carbonyl (C=O) groups is 3. The molecule has 2 aromatic rings. The van der Waals surface area contributed by atoms with Crippen molar-refractivity contribution >= 4 is 23.5 Å². The van der Waals surface area contributed by atoms with Crippen molar-refractivity contribution in [3.05, 3.63) is 54.1 Å². The highest BCUT2D eigenvalue weighted by Crippen LogP contribution is 2.21. The third kappa shape index (κ3) is 4.40. The number of nitrogens with one attached hydrogen (secondary N) is 2. The number of hydrogen-bond donors (Lipinski definition) is 3. The largest absolute Gasteiger partial charge is 0.508 e. The lowest BCUT2D eigenvalue weighted by atomic mass is 9.98. The number of methoxy groups -OCH3 is 1. The highest BCUT2D eigenvalue weighted by molar-refractivity contribution is 5.98. The minimum atomic E-state index is -0.714. The molecule has 0 aromatic heterocycles. The topological polar surface area (TPSA) is 111 Å². The first-order valence-corrected chi connectivity index (χ1v) is 10.0. The van der Waals surface area contributed by atoms with Crippen LogP contribution in [0.15, 0.2) is 48.5 Å². The van der Waals surface area contributed by atoms with Crippen molar-refractivity contribution in [2.45, 2.75) is 18.5 Å². The Morgan fingerprint density at radius 3 is 2.71 bits per heavy atom. The van der Waals surface area contributed by atoms with Crippen LogP contribution in [-0.2, 0) is 16.0 Å². The third-order valence-electron chi connectivity index (χ3n) is 5.57. The van der Waals surface area contributed by atoms with Crippen molar-refractivity contribution in [1.29, 1.82) is 0 Å². The molecule has 2 atom stereocenters. The summed E-state index contributed by atoms with van der Waals surface area (Å²) in [6.07, 6.45) is 0.341. The van der Waals surface area contributed by atoms with Gasteiger partial charge >= 0.3 is 6.03 Å². The molecule has 3 N–H and O–H groups in total. The number of piperazine rings is 2. The fraction of sp³-hybridized carbons (Fsp3) is 0.318. The van der Waals surface area contributed by atoms with E-state index in [1.807, 2.05) is 0 Å². The molecular weight excluding hydrogens is 400 g/mol. The summed E-state index contributed by atoms with van der Waals surface area (Å²) < 4.78 is 5.16. The van der Waals surface area contributed by atoms with Crippen molar-refractivity contribution < 1.29 is 24.2 Å². The number of phenols is 1. The Morgan fingerprint density at radius 1 is 1.19 bits per heavy atom. The predicted octanol–water partition coefficient (Wildman–Crippen LogP) is 1.19. The lowest BCUT2D eigenvalue weighted by Crippen LogP contribution is -2.70. The standard InChI is InChI=1S/C22H24N4O5/c1-31-17-4-2-3-15(12-17)23-22(30)25-9-10-26-19(13-25)20(28)24-18(21(26)29)11-14-5-7-16(27)8-6-14/h2-8,12,18-19,27H,9-11,13H2,1H3,(H,23,30)(H,24,28). The number of anilines is 1. The van der Waals surface area contributed by atoms with E-state index in [2.05, 4.69) is 10.6 Å². The van der Waals surface area contributed by atoms with E-state index in [1.54, 1.807) is 60.5 Å². The van der Waals surface area contributed by atoms with Gasteiger partial charge in [-0.2, -0.15) is 0 Å². The van der Waals surface area contributed by atoms with E-state index in [1.165, 1.54) is 4.90 Å². The summed E-state index contributed by atoms with van der Waals surface area (Å²) in [7, 11) is 1.55. The summed E-state index contributed by atoms with van der Waals surface area (Å²) in [5, 5.41) is 15.0. The van der Waals surface area contributed by atoms with Gasteiger partial charge in [-0.15, -0.1) is 0 Å². The molecule has 31 heavy (non-hydrogen) atoms. The van der Waals surface area contributed by atoms with E-state index in [9.17, 15) is 19.5 Å². The SMILES string of the molecule is COc1cccc(NC(=O)N2CCN3C(=O)C(Cc4ccc(O)cc4)NC(=O)C3C2)c1. The number of aromatic hydroxyl groups is 1. The molecular formula is C22H24N4O5. The Kier molecular flexibility index (Phi) is 5.66. The van der Waals surface area contributed by atoms with Crippen molar-refractivity contribution in [3.63, 3.8) is 0 Å². The molecule has 2 fully saturated rings. The Bertz CT molecular complexity index is 994. The van der Waals surface area contributed by atoms with E-state index in [0.717, 1.165) is 5.56 Å². The van der Waals surface area contributed by atoms with Crippen LogP contribution in [0.25, 0.3) is 0 Å². The molecule has 2 aromatic carbocycles. The summed E-state index contributed by atoms with van der Waals surface area (Å²) in [5.41, 5.74) is 1.43. The number of carbonyl (C=O) groups excluding carboxylic acids is 3. The van der Waals surface area contributed by atoms with Gasteiger partial charge in [0, 0.05) is 31.3 Å². The molecule has 0 saturated carbocycles. The van der Waals surface area contributed by atoms with Crippen LogP contribution in [0.2, 0.25) is 0 Å². The van der Waals surface area contributed by atoms with E-state index >= 15 is 0 Å². The van der Waals surface area contributed by atoms with Gasteiger partial charge in [0.05, 0.1) is 13.7 Å². The quantitative estimate of drug-likeness (QED) is 0.683. The van der Waals surface area contributed by atoms with Crippen LogP contribution >= 0.6 is 0 Å². The first-order valence-electron chi connectivity index (χ1n) is 10.0. The average molecular weight is 424 g/mol. The molecule has 0 radical (unpaired) electrons. The van der Waals surface area contributed by atoms with E-state index in [-0.39, 0.29) is 36.7 Å². The molecule has 2 saturated heterocycles. The second kappa shape index (κ2) is 8.55. The third-order valence-corrected chi connectivity index (χ3v) is 5.57. The first kappa shape index (κ1) is 20.5. The first-order chi connectivity index (χ1) is 14.9. The second-order valence-corrected chi connectivity index (χ2v) is 7.59. The number of fused-ring (bicyclic) bond motifs is 1. The molecule has 2 aliphatic rings. The fourth-order valence-corrected chi connectivity index (χ4v) is 3.89. The van der Waals surface area contributed by atoms with Crippen LogP contribution in [0.4, 0.5) is 10.5 Å². The molecule has 2 heterocycles. The summed E-state index contributed by atoms with van der Waals surface area (Å²) >= 11 is 0. The van der Waals surface area contributed by atoms with E-state index in [0.29, 0.717) is 24.4 Å². The fourth-order valence-electron chi connectivity index (χ4n) is 3.89. The normalized spacial score (nSPS) is 20.7. The van der Waals surface area contributed by atoms with Gasteiger partial charge in [-0.25, -0.2) is 4.79 Å². The molecule has 162 valence electrons. The number of ether oxygens (including phenoxy) is 1. The number of amides is 4. The van der Waals surface area contributed by atoms with Crippen molar-refractivity contribution in [2.75, 3.05) is 32.1 Å². The summed E-state index contributed by atoms with van der Waals surface area (Å²) in [6.45, 7) is 0.741. The summed E-state index contributed by atoms with van der Waals surface area (Å²) in [6, 6.07) is 11.8. The Hall–Kier alpha value is -3.75. The monoisotopic (exact) mass is 424 g/mol. The Balaban J connectivity index is 1.39. The van der Waals surface area contributed by atoms with Gasteiger partial charge in [-0.1, -0.05) is 18.2 Å². The van der Waals surface area contributed by atoms with Gasteiger partial charge in [-0.05, 0) is 29.8 Å². The van der Waals surface area contributed by atoms with Crippen LogP contribution in [0.1, 0.15) is 5.56 Å². The maximum absolute atomic E-state index is 12.9. The van der Waals surface area contributed by atoms with Crippen LogP contribution in [0, 0.1) is 0 Å². The van der Waals surface area contributed by atoms with E-state index in [4.69, 9.17) is 4.74 Å². The number of benzene rings is 2. The molecule has 0 spiro atoms. The molecule has 2 aliphatic heterocycles. The summed E-state index contributed by atoms with van der Waals surface area (Å²) in [5.74, 6) is 0.332. The second-order valence-electron chi connectivity index (χ2n) is 7.59. The number of hydrogen-bond acceptors (Lipinski definition) is 5. The highest BCUT2D eigenvalue weighted by atomic mass is 16.5. The smallest absolute Gasteiger partial charge is 0.321 e. The molecule has 0 aliphatic carbocycles. The van der Waals surface area contributed by atoms with Gasteiger partial charge in [0.15, 0.2) is 0 Å². The maximum atomic E-state index is 12.9. The van der Waals surface area contributed by atoms with Gasteiger partial charge in [0.1, 0.15) is 23.6 Å². The predicted molar refractivity (Wildman–Crippen MR) is 113 cm³/mol. The minimum absolute atomic E-state index is 0.124. The zero-order chi connectivity index (χ0) is 22.0. The average Bonchev–Trinajstić information content (AvgIpc) is 2.78. The molecule has 9 heteroatoms. The minimum Gasteiger partial charge on any atom is -0.508 e. The number of urea groups is 1. The lowest BCUT2D eigenvalue weighted by molar-refractivity contribution is -0.152. The molecule has 4 amide bonds. The van der Waals surface area contributed by atoms with Crippen molar-refractivity contribution in [1.82, 2.24) is 15.1 Å². The van der Waals surface area contributed by atoms with Gasteiger partial charge < -0.3 is 30.3 Å². The van der Waals surface area contributed by atoms with Crippen LogP contribution in [-0.4, -0.2) is 71.6 Å². The van der Waals surface area contributed by atoms with Crippen LogP contribution in [0.5, 0.6) is 11.5 Å². The Morgan fingerprint density at radius 2 is 1.97 bits per heavy atom.